The number of nitrogens with one attached hydrogen (secondary N) is 1. The van der Waals surface area contributed by atoms with Crippen LogP contribution < -0.4 is 14.9 Å². The summed E-state index contributed by atoms with van der Waals surface area (Å²) < 4.78 is 12.0. The molecule has 33 heavy (non-hydrogen) atoms. The molecule has 0 fully saturated rings. The Hall–Kier alpha value is -3.21. The van der Waals surface area contributed by atoms with Gasteiger partial charge in [-0.2, -0.15) is 5.10 Å². The standard InChI is InChI=1S/C27H24Cl2N2O2/c1-2-32-27-15-19(16-30-31-17-23-24(28)11-6-12-25(23)29)13-14-26(27)33-18-21-9-5-8-20-7-3-4-10-22(20)21/h3-16,31H,2,17-18H2,1H3/b30-16+. The van der Waals surface area contributed by atoms with Gasteiger partial charge in [0.2, 0.25) is 0 Å². The second-order valence-corrected chi connectivity index (χ2v) is 8.17. The number of fused-ring (bicyclic) bond motifs is 1. The van der Waals surface area contributed by atoms with Crippen molar-refractivity contribution in [2.75, 3.05) is 6.61 Å². The number of hydrazone groups is 1. The summed E-state index contributed by atoms with van der Waals surface area (Å²) in [6.07, 6.45) is 1.72. The van der Waals surface area contributed by atoms with Crippen LogP contribution in [-0.2, 0) is 13.2 Å². The zero-order chi connectivity index (χ0) is 23.0. The molecule has 0 bridgehead atoms. The number of hydrogen-bond acceptors (Lipinski definition) is 4. The molecule has 0 spiro atoms. The molecule has 4 rings (SSSR count). The Balaban J connectivity index is 1.44. The maximum atomic E-state index is 6.20. The first kappa shape index (κ1) is 23.0. The van der Waals surface area contributed by atoms with E-state index in [9.17, 15) is 0 Å². The monoisotopic (exact) mass is 478 g/mol. The first-order valence-corrected chi connectivity index (χ1v) is 11.5. The third-order valence-electron chi connectivity index (χ3n) is 5.15. The molecule has 4 aromatic carbocycles. The van der Waals surface area contributed by atoms with Crippen LogP contribution in [-0.4, -0.2) is 12.8 Å². The highest BCUT2D eigenvalue weighted by molar-refractivity contribution is 6.35. The molecule has 0 saturated carbocycles. The molecule has 0 heterocycles. The molecule has 0 amide bonds. The molecule has 4 aromatic rings. The Morgan fingerprint density at radius 1 is 0.848 bits per heavy atom. The summed E-state index contributed by atoms with van der Waals surface area (Å²) in [5.74, 6) is 1.37. The largest absolute Gasteiger partial charge is 0.490 e. The molecule has 0 saturated heterocycles. The van der Waals surface area contributed by atoms with Gasteiger partial charge in [0.25, 0.3) is 0 Å². The Morgan fingerprint density at radius 3 is 2.42 bits per heavy atom. The Morgan fingerprint density at radius 2 is 1.61 bits per heavy atom. The van der Waals surface area contributed by atoms with E-state index in [0.717, 1.165) is 16.7 Å². The molecular weight excluding hydrogens is 455 g/mol. The van der Waals surface area contributed by atoms with E-state index < -0.39 is 0 Å². The first-order chi connectivity index (χ1) is 16.2. The summed E-state index contributed by atoms with van der Waals surface area (Å²) in [7, 11) is 0. The maximum Gasteiger partial charge on any atom is 0.161 e. The van der Waals surface area contributed by atoms with Gasteiger partial charge in [-0.15, -0.1) is 0 Å². The lowest BCUT2D eigenvalue weighted by Gasteiger charge is -2.14. The van der Waals surface area contributed by atoms with E-state index in [1.807, 2.05) is 49.4 Å². The van der Waals surface area contributed by atoms with Crippen molar-refractivity contribution in [3.8, 4) is 11.5 Å². The van der Waals surface area contributed by atoms with Crippen LogP contribution in [0.25, 0.3) is 10.8 Å². The molecule has 4 nitrogen and oxygen atoms in total. The fourth-order valence-electron chi connectivity index (χ4n) is 3.51. The SMILES string of the molecule is CCOc1cc(/C=N/NCc2c(Cl)cccc2Cl)ccc1OCc1cccc2ccccc12. The summed E-state index contributed by atoms with van der Waals surface area (Å²) >= 11 is 12.4. The van der Waals surface area contributed by atoms with Crippen LogP contribution in [0.15, 0.2) is 84.0 Å². The fraction of sp³-hybridized carbons (Fsp3) is 0.148. The normalized spacial score (nSPS) is 11.1. The van der Waals surface area contributed by atoms with Crippen molar-refractivity contribution in [3.05, 3.63) is 106 Å². The van der Waals surface area contributed by atoms with E-state index in [1.165, 1.54) is 10.8 Å². The summed E-state index contributed by atoms with van der Waals surface area (Å²) in [5.41, 5.74) is 5.81. The minimum Gasteiger partial charge on any atom is -0.490 e. The van der Waals surface area contributed by atoms with Gasteiger partial charge in [-0.1, -0.05) is 71.7 Å². The predicted octanol–water partition coefficient (Wildman–Crippen LogP) is 7.25. The summed E-state index contributed by atoms with van der Waals surface area (Å²) in [6, 6.07) is 25.7. The van der Waals surface area contributed by atoms with Crippen molar-refractivity contribution < 1.29 is 9.47 Å². The Bertz CT molecular complexity index is 1250. The van der Waals surface area contributed by atoms with Crippen LogP contribution in [0.3, 0.4) is 0 Å². The topological polar surface area (TPSA) is 42.8 Å². The van der Waals surface area contributed by atoms with E-state index in [-0.39, 0.29) is 0 Å². The highest BCUT2D eigenvalue weighted by Crippen LogP contribution is 2.30. The van der Waals surface area contributed by atoms with Gasteiger partial charge in [0.1, 0.15) is 6.61 Å². The van der Waals surface area contributed by atoms with Crippen LogP contribution in [0, 0.1) is 0 Å². The van der Waals surface area contributed by atoms with Gasteiger partial charge in [0, 0.05) is 15.6 Å². The Kier molecular flexibility index (Phi) is 7.71. The van der Waals surface area contributed by atoms with Gasteiger partial charge in [-0.25, -0.2) is 0 Å². The lowest BCUT2D eigenvalue weighted by molar-refractivity contribution is 0.270. The van der Waals surface area contributed by atoms with Crippen molar-refractivity contribution in [2.45, 2.75) is 20.1 Å². The summed E-state index contributed by atoms with van der Waals surface area (Å²) in [6.45, 7) is 3.37. The van der Waals surface area contributed by atoms with Crippen molar-refractivity contribution in [2.24, 2.45) is 5.10 Å². The summed E-state index contributed by atoms with van der Waals surface area (Å²) in [4.78, 5) is 0. The second-order valence-electron chi connectivity index (χ2n) is 7.36. The van der Waals surface area contributed by atoms with E-state index in [0.29, 0.717) is 41.3 Å². The minimum atomic E-state index is 0.430. The van der Waals surface area contributed by atoms with E-state index in [4.69, 9.17) is 32.7 Å². The van der Waals surface area contributed by atoms with Crippen LogP contribution in [0.1, 0.15) is 23.6 Å². The average molecular weight is 479 g/mol. The van der Waals surface area contributed by atoms with Crippen molar-refractivity contribution in [1.29, 1.82) is 0 Å². The third-order valence-corrected chi connectivity index (χ3v) is 5.86. The van der Waals surface area contributed by atoms with Crippen molar-refractivity contribution >= 4 is 40.2 Å². The van der Waals surface area contributed by atoms with E-state index in [1.54, 1.807) is 18.3 Å². The van der Waals surface area contributed by atoms with Gasteiger partial charge in [0.15, 0.2) is 11.5 Å². The molecule has 1 N–H and O–H groups in total. The van der Waals surface area contributed by atoms with Gasteiger partial charge in [-0.3, -0.25) is 0 Å². The quantitative estimate of drug-likeness (QED) is 0.203. The van der Waals surface area contributed by atoms with Gasteiger partial charge in [-0.05, 0) is 59.2 Å². The summed E-state index contributed by atoms with van der Waals surface area (Å²) in [5, 5.41) is 7.89. The van der Waals surface area contributed by atoms with Crippen molar-refractivity contribution in [3.63, 3.8) is 0 Å². The molecule has 0 radical (unpaired) electrons. The molecule has 0 unspecified atom stereocenters. The molecule has 0 atom stereocenters. The number of nitrogens with zero attached hydrogens (tertiary/aromatic N) is 1. The molecule has 0 aliphatic rings. The van der Waals surface area contributed by atoms with Gasteiger partial charge >= 0.3 is 0 Å². The van der Waals surface area contributed by atoms with Crippen LogP contribution >= 0.6 is 23.2 Å². The highest BCUT2D eigenvalue weighted by atomic mass is 35.5. The van der Waals surface area contributed by atoms with Gasteiger partial charge < -0.3 is 14.9 Å². The highest BCUT2D eigenvalue weighted by Gasteiger charge is 2.08. The van der Waals surface area contributed by atoms with Crippen LogP contribution in [0.4, 0.5) is 0 Å². The molecule has 0 aliphatic carbocycles. The third kappa shape index (κ3) is 5.78. The molecule has 168 valence electrons. The number of hydrogen-bond donors (Lipinski definition) is 1. The lowest BCUT2D eigenvalue weighted by Crippen LogP contribution is -2.07. The minimum absolute atomic E-state index is 0.430. The Labute approximate surface area is 203 Å². The van der Waals surface area contributed by atoms with Crippen LogP contribution in [0.5, 0.6) is 11.5 Å². The number of ether oxygens (including phenoxy) is 2. The zero-order valence-corrected chi connectivity index (χ0v) is 19.7. The number of rotatable bonds is 9. The average Bonchev–Trinajstić information content (AvgIpc) is 2.83. The van der Waals surface area contributed by atoms with Crippen LogP contribution in [0.2, 0.25) is 10.0 Å². The van der Waals surface area contributed by atoms with E-state index in [2.05, 4.69) is 34.8 Å². The maximum absolute atomic E-state index is 6.20. The first-order valence-electron chi connectivity index (χ1n) is 10.7. The second kappa shape index (κ2) is 11.1. The molecule has 6 heteroatoms. The molecule has 0 aliphatic heterocycles. The predicted molar refractivity (Wildman–Crippen MR) is 137 cm³/mol. The van der Waals surface area contributed by atoms with E-state index >= 15 is 0 Å². The smallest absolute Gasteiger partial charge is 0.161 e. The lowest BCUT2D eigenvalue weighted by atomic mass is 10.1. The number of benzene rings is 4. The number of halogens is 2. The van der Waals surface area contributed by atoms with Crippen molar-refractivity contribution in [1.82, 2.24) is 5.43 Å². The zero-order valence-electron chi connectivity index (χ0n) is 18.2. The molecular formula is C27H24Cl2N2O2. The van der Waals surface area contributed by atoms with Gasteiger partial charge in [0.05, 0.1) is 19.4 Å². The molecule has 0 aromatic heterocycles. The fourth-order valence-corrected chi connectivity index (χ4v) is 4.04.